The fourth-order valence-electron chi connectivity index (χ4n) is 2.07. The first-order valence-electron chi connectivity index (χ1n) is 7.39. The van der Waals surface area contributed by atoms with Gasteiger partial charge in [0.25, 0.3) is 5.91 Å². The fraction of sp³-hybridized carbons (Fsp3) is 0.278. The van der Waals surface area contributed by atoms with E-state index in [-0.39, 0.29) is 5.91 Å². The lowest BCUT2D eigenvalue weighted by atomic mass is 10.2. The van der Waals surface area contributed by atoms with Crippen LogP contribution in [-0.2, 0) is 4.79 Å². The molecule has 1 amide bonds. The van der Waals surface area contributed by atoms with Gasteiger partial charge in [0.1, 0.15) is 17.2 Å². The first kappa shape index (κ1) is 17.9. The molecule has 1 unspecified atom stereocenters. The Hall–Kier alpha value is -2.40. The highest BCUT2D eigenvalue weighted by molar-refractivity contribution is 6.31. The molecule has 0 aliphatic rings. The zero-order chi connectivity index (χ0) is 17.7. The number of methoxy groups -OCH3 is 2. The highest BCUT2D eigenvalue weighted by atomic mass is 35.5. The van der Waals surface area contributed by atoms with Gasteiger partial charge in [-0.3, -0.25) is 4.79 Å². The summed E-state index contributed by atoms with van der Waals surface area (Å²) in [5.41, 5.74) is 1.46. The number of anilines is 1. The Labute approximate surface area is 146 Å². The fourth-order valence-corrected chi connectivity index (χ4v) is 2.19. The maximum atomic E-state index is 12.3. The lowest BCUT2D eigenvalue weighted by molar-refractivity contribution is -0.122. The molecule has 0 fully saturated rings. The van der Waals surface area contributed by atoms with E-state index in [9.17, 15) is 4.79 Å². The number of amides is 1. The molecule has 0 spiro atoms. The van der Waals surface area contributed by atoms with Crippen LogP contribution in [0.25, 0.3) is 0 Å². The topological polar surface area (TPSA) is 56.8 Å². The van der Waals surface area contributed by atoms with Crippen molar-refractivity contribution < 1.29 is 19.0 Å². The Bertz CT molecular complexity index is 711. The van der Waals surface area contributed by atoms with Crippen LogP contribution in [0.3, 0.4) is 0 Å². The number of hydrogen-bond acceptors (Lipinski definition) is 4. The van der Waals surface area contributed by atoms with Crippen LogP contribution in [0.5, 0.6) is 17.2 Å². The highest BCUT2D eigenvalue weighted by Crippen LogP contribution is 2.26. The summed E-state index contributed by atoms with van der Waals surface area (Å²) in [5, 5.41) is 3.44. The van der Waals surface area contributed by atoms with Gasteiger partial charge in [0.05, 0.1) is 14.2 Å². The largest absolute Gasteiger partial charge is 0.497 e. The minimum atomic E-state index is -0.678. The molecule has 0 bridgehead atoms. The molecular formula is C18H20ClNO4. The van der Waals surface area contributed by atoms with Gasteiger partial charge in [0.15, 0.2) is 6.10 Å². The summed E-state index contributed by atoms with van der Waals surface area (Å²) in [6, 6.07) is 10.4. The first-order valence-corrected chi connectivity index (χ1v) is 7.77. The molecule has 0 radical (unpaired) electrons. The van der Waals surface area contributed by atoms with E-state index in [2.05, 4.69) is 5.32 Å². The molecule has 24 heavy (non-hydrogen) atoms. The number of rotatable bonds is 6. The number of halogens is 1. The molecule has 0 aliphatic carbocycles. The summed E-state index contributed by atoms with van der Waals surface area (Å²) in [6.45, 7) is 3.55. The zero-order valence-electron chi connectivity index (χ0n) is 14.1. The minimum Gasteiger partial charge on any atom is -0.497 e. The molecule has 6 heteroatoms. The number of ether oxygens (including phenoxy) is 3. The molecule has 2 aromatic carbocycles. The quantitative estimate of drug-likeness (QED) is 0.854. The van der Waals surface area contributed by atoms with Crippen molar-refractivity contribution in [2.45, 2.75) is 20.0 Å². The second-order valence-corrected chi connectivity index (χ2v) is 5.67. The Balaban J connectivity index is 2.07. The smallest absolute Gasteiger partial charge is 0.265 e. The van der Waals surface area contributed by atoms with E-state index in [0.29, 0.717) is 28.0 Å². The standard InChI is InChI=1S/C18H20ClNO4/c1-11-7-14(5-6-17(11)19)24-12(2)18(21)20-13-8-15(22-3)10-16(9-13)23-4/h5-10,12H,1-4H3,(H,20,21). The van der Waals surface area contributed by atoms with E-state index in [0.717, 1.165) is 5.56 Å². The molecule has 0 aromatic heterocycles. The monoisotopic (exact) mass is 349 g/mol. The summed E-state index contributed by atoms with van der Waals surface area (Å²) in [7, 11) is 3.10. The van der Waals surface area contributed by atoms with Crippen LogP contribution in [0.1, 0.15) is 12.5 Å². The van der Waals surface area contributed by atoms with Gasteiger partial charge in [-0.15, -0.1) is 0 Å². The van der Waals surface area contributed by atoms with Gasteiger partial charge in [0, 0.05) is 28.9 Å². The van der Waals surface area contributed by atoms with Crippen LogP contribution in [0.4, 0.5) is 5.69 Å². The van der Waals surface area contributed by atoms with Crippen LogP contribution in [-0.4, -0.2) is 26.2 Å². The van der Waals surface area contributed by atoms with Gasteiger partial charge in [-0.25, -0.2) is 0 Å². The van der Waals surface area contributed by atoms with Crippen molar-refractivity contribution in [2.75, 3.05) is 19.5 Å². The third-order valence-corrected chi connectivity index (χ3v) is 3.85. The van der Waals surface area contributed by atoms with E-state index >= 15 is 0 Å². The summed E-state index contributed by atoms with van der Waals surface area (Å²) in [4.78, 5) is 12.3. The molecule has 0 aliphatic heterocycles. The van der Waals surface area contributed by atoms with E-state index in [1.807, 2.05) is 6.92 Å². The summed E-state index contributed by atoms with van der Waals surface area (Å²) < 4.78 is 16.0. The predicted molar refractivity (Wildman–Crippen MR) is 94.5 cm³/mol. The molecule has 2 rings (SSSR count). The number of nitrogens with one attached hydrogen (secondary N) is 1. The van der Waals surface area contributed by atoms with Crippen LogP contribution in [0, 0.1) is 6.92 Å². The Morgan fingerprint density at radius 3 is 2.21 bits per heavy atom. The second kappa shape index (κ2) is 7.93. The maximum Gasteiger partial charge on any atom is 0.265 e. The number of carbonyl (C=O) groups excluding carboxylic acids is 1. The molecule has 5 nitrogen and oxygen atoms in total. The molecule has 0 heterocycles. The molecule has 1 atom stereocenters. The van der Waals surface area contributed by atoms with E-state index < -0.39 is 6.10 Å². The van der Waals surface area contributed by atoms with Crippen LogP contribution >= 0.6 is 11.6 Å². The first-order chi connectivity index (χ1) is 11.4. The highest BCUT2D eigenvalue weighted by Gasteiger charge is 2.16. The van der Waals surface area contributed by atoms with E-state index in [1.54, 1.807) is 57.5 Å². The van der Waals surface area contributed by atoms with Crippen molar-refractivity contribution in [1.82, 2.24) is 0 Å². The van der Waals surface area contributed by atoms with Crippen molar-refractivity contribution >= 4 is 23.2 Å². The minimum absolute atomic E-state index is 0.280. The second-order valence-electron chi connectivity index (χ2n) is 5.26. The van der Waals surface area contributed by atoms with Gasteiger partial charge in [-0.2, -0.15) is 0 Å². The number of benzene rings is 2. The summed E-state index contributed by atoms with van der Waals surface area (Å²) >= 11 is 5.99. The molecule has 128 valence electrons. The lowest BCUT2D eigenvalue weighted by Gasteiger charge is -2.16. The van der Waals surface area contributed by atoms with Gasteiger partial charge in [0.2, 0.25) is 0 Å². The van der Waals surface area contributed by atoms with Crippen molar-refractivity contribution in [3.05, 3.63) is 47.0 Å². The summed E-state index contributed by atoms with van der Waals surface area (Å²) in [6.07, 6.45) is -0.678. The average molecular weight is 350 g/mol. The van der Waals surface area contributed by atoms with Crippen LogP contribution < -0.4 is 19.5 Å². The lowest BCUT2D eigenvalue weighted by Crippen LogP contribution is -2.30. The van der Waals surface area contributed by atoms with Crippen molar-refractivity contribution in [2.24, 2.45) is 0 Å². The average Bonchev–Trinajstić information content (AvgIpc) is 2.57. The Kier molecular flexibility index (Phi) is 5.93. The third kappa shape index (κ3) is 4.55. The molecular weight excluding hydrogens is 330 g/mol. The van der Waals surface area contributed by atoms with Crippen molar-refractivity contribution in [3.8, 4) is 17.2 Å². The van der Waals surface area contributed by atoms with Crippen molar-refractivity contribution in [1.29, 1.82) is 0 Å². The molecule has 0 saturated carbocycles. The molecule has 2 aromatic rings. The maximum absolute atomic E-state index is 12.3. The Morgan fingerprint density at radius 1 is 1.04 bits per heavy atom. The Morgan fingerprint density at radius 2 is 1.67 bits per heavy atom. The summed E-state index contributed by atoms with van der Waals surface area (Å²) in [5.74, 6) is 1.48. The van der Waals surface area contributed by atoms with Crippen LogP contribution in [0.15, 0.2) is 36.4 Å². The number of aryl methyl sites for hydroxylation is 1. The zero-order valence-corrected chi connectivity index (χ0v) is 14.8. The van der Waals surface area contributed by atoms with Crippen LogP contribution in [0.2, 0.25) is 5.02 Å². The predicted octanol–water partition coefficient (Wildman–Crippen LogP) is 4.07. The van der Waals surface area contributed by atoms with Crippen molar-refractivity contribution in [3.63, 3.8) is 0 Å². The van der Waals surface area contributed by atoms with Gasteiger partial charge >= 0.3 is 0 Å². The van der Waals surface area contributed by atoms with Gasteiger partial charge < -0.3 is 19.5 Å². The van der Waals surface area contributed by atoms with E-state index in [1.165, 1.54) is 0 Å². The molecule has 0 saturated heterocycles. The van der Waals surface area contributed by atoms with Gasteiger partial charge in [-0.05, 0) is 37.6 Å². The van der Waals surface area contributed by atoms with E-state index in [4.69, 9.17) is 25.8 Å². The van der Waals surface area contributed by atoms with Gasteiger partial charge in [-0.1, -0.05) is 11.6 Å². The number of hydrogen-bond donors (Lipinski definition) is 1. The normalized spacial score (nSPS) is 11.5. The number of carbonyl (C=O) groups is 1. The third-order valence-electron chi connectivity index (χ3n) is 3.43. The molecule has 1 N–H and O–H groups in total. The SMILES string of the molecule is COc1cc(NC(=O)C(C)Oc2ccc(Cl)c(C)c2)cc(OC)c1.